The van der Waals surface area contributed by atoms with E-state index in [1.54, 1.807) is 0 Å². The van der Waals surface area contributed by atoms with Crippen LogP contribution in [0.1, 0.15) is 33.8 Å². The summed E-state index contributed by atoms with van der Waals surface area (Å²) in [5.41, 5.74) is 3.34. The molecule has 3 rings (SSSR count). The summed E-state index contributed by atoms with van der Waals surface area (Å²) >= 11 is 0. The fourth-order valence-electron chi connectivity index (χ4n) is 2.49. The van der Waals surface area contributed by atoms with Crippen LogP contribution in [0.15, 0.2) is 54.6 Å². The number of ketones is 1. The second-order valence-corrected chi connectivity index (χ2v) is 5.09. The van der Waals surface area contributed by atoms with E-state index in [2.05, 4.69) is 12.1 Å². The van der Waals surface area contributed by atoms with Gasteiger partial charge >= 0.3 is 0 Å². The van der Waals surface area contributed by atoms with Crippen molar-refractivity contribution in [3.8, 4) is 0 Å². The Labute approximate surface area is 107 Å². The zero-order valence-electron chi connectivity index (χ0n) is 10.5. The minimum atomic E-state index is 0.190. The first-order chi connectivity index (χ1) is 8.75. The van der Waals surface area contributed by atoms with Crippen LogP contribution < -0.4 is 0 Å². The van der Waals surface area contributed by atoms with Crippen LogP contribution >= 0.6 is 0 Å². The van der Waals surface area contributed by atoms with E-state index in [4.69, 9.17) is 0 Å². The van der Waals surface area contributed by atoms with Crippen molar-refractivity contribution >= 4 is 5.78 Å². The lowest BCUT2D eigenvalue weighted by atomic mass is 10.0. The van der Waals surface area contributed by atoms with Gasteiger partial charge in [-0.15, -0.1) is 0 Å². The molecule has 1 nitrogen and oxygen atoms in total. The second kappa shape index (κ2) is 4.41. The van der Waals surface area contributed by atoms with E-state index in [0.717, 1.165) is 12.0 Å². The van der Waals surface area contributed by atoms with Gasteiger partial charge in [0.15, 0.2) is 5.78 Å². The predicted octanol–water partition coefficient (Wildman–Crippen LogP) is 3.98. The molecule has 2 aromatic rings. The van der Waals surface area contributed by atoms with Gasteiger partial charge in [0.2, 0.25) is 0 Å². The molecule has 0 unspecified atom stereocenters. The summed E-state index contributed by atoms with van der Waals surface area (Å²) in [4.78, 5) is 12.3. The molecule has 0 spiro atoms. The fourth-order valence-corrected chi connectivity index (χ4v) is 2.49. The van der Waals surface area contributed by atoms with Crippen LogP contribution in [0, 0.1) is 12.8 Å². The van der Waals surface area contributed by atoms with Crippen LogP contribution in [0.3, 0.4) is 0 Å². The molecule has 2 aromatic carbocycles. The Morgan fingerprint density at radius 2 is 1.67 bits per heavy atom. The van der Waals surface area contributed by atoms with Crippen molar-refractivity contribution in [2.24, 2.45) is 5.92 Å². The van der Waals surface area contributed by atoms with Crippen molar-refractivity contribution < 1.29 is 4.79 Å². The van der Waals surface area contributed by atoms with Crippen molar-refractivity contribution in [3.05, 3.63) is 71.3 Å². The molecule has 0 heterocycles. The molecule has 2 atom stereocenters. The summed E-state index contributed by atoms with van der Waals surface area (Å²) < 4.78 is 0. The highest BCUT2D eigenvalue weighted by molar-refractivity contribution is 6.00. The first-order valence-corrected chi connectivity index (χ1v) is 6.41. The highest BCUT2D eigenvalue weighted by Gasteiger charge is 2.43. The predicted molar refractivity (Wildman–Crippen MR) is 72.8 cm³/mol. The molecule has 0 aliphatic heterocycles. The number of benzene rings is 2. The lowest BCUT2D eigenvalue weighted by Crippen LogP contribution is -2.02. The first-order valence-electron chi connectivity index (χ1n) is 6.41. The highest BCUT2D eigenvalue weighted by atomic mass is 16.1. The Morgan fingerprint density at radius 1 is 1.00 bits per heavy atom. The smallest absolute Gasteiger partial charge is 0.166 e. The Hall–Kier alpha value is -1.89. The highest BCUT2D eigenvalue weighted by Crippen LogP contribution is 2.49. The van der Waals surface area contributed by atoms with E-state index in [1.807, 2.05) is 49.4 Å². The van der Waals surface area contributed by atoms with Crippen molar-refractivity contribution in [2.45, 2.75) is 19.3 Å². The Bertz CT molecular complexity index is 554. The van der Waals surface area contributed by atoms with Gasteiger partial charge < -0.3 is 0 Å². The van der Waals surface area contributed by atoms with Gasteiger partial charge in [-0.1, -0.05) is 60.2 Å². The third-order valence-electron chi connectivity index (χ3n) is 3.69. The topological polar surface area (TPSA) is 17.1 Å². The Balaban J connectivity index is 1.75. The molecule has 0 N–H and O–H groups in total. The maximum atomic E-state index is 12.3. The van der Waals surface area contributed by atoms with Gasteiger partial charge in [-0.05, 0) is 24.8 Å². The summed E-state index contributed by atoms with van der Waals surface area (Å²) in [5.74, 6) is 0.916. The third kappa shape index (κ3) is 2.08. The normalized spacial score (nSPS) is 21.6. The van der Waals surface area contributed by atoms with Gasteiger partial charge in [0, 0.05) is 11.5 Å². The van der Waals surface area contributed by atoms with Gasteiger partial charge in [-0.3, -0.25) is 4.79 Å². The van der Waals surface area contributed by atoms with Gasteiger partial charge in [0.25, 0.3) is 0 Å². The third-order valence-corrected chi connectivity index (χ3v) is 3.69. The number of hydrogen-bond acceptors (Lipinski definition) is 1. The second-order valence-electron chi connectivity index (χ2n) is 5.09. The molecule has 0 aromatic heterocycles. The van der Waals surface area contributed by atoms with Gasteiger partial charge in [0.1, 0.15) is 0 Å². The average Bonchev–Trinajstić information content (AvgIpc) is 3.20. The summed E-state index contributed by atoms with van der Waals surface area (Å²) in [6, 6.07) is 18.2. The number of Topliss-reactive ketones (excluding diaryl/α,β-unsaturated/α-hetero) is 1. The molecule has 18 heavy (non-hydrogen) atoms. The van der Waals surface area contributed by atoms with Gasteiger partial charge in [-0.2, -0.15) is 0 Å². The monoisotopic (exact) mass is 236 g/mol. The summed E-state index contributed by atoms with van der Waals surface area (Å²) in [6.45, 7) is 2.04. The lowest BCUT2D eigenvalue weighted by Gasteiger charge is -2.01. The van der Waals surface area contributed by atoms with E-state index in [0.29, 0.717) is 11.7 Å². The van der Waals surface area contributed by atoms with Crippen molar-refractivity contribution in [2.75, 3.05) is 0 Å². The number of carbonyl (C=O) groups excluding carboxylic acids is 1. The van der Waals surface area contributed by atoms with Crippen LogP contribution in [-0.2, 0) is 0 Å². The van der Waals surface area contributed by atoms with Gasteiger partial charge in [0.05, 0.1) is 0 Å². The SMILES string of the molecule is Cc1ccc(C(=O)[C@H]2C[C@H]2c2ccccc2)cc1. The largest absolute Gasteiger partial charge is 0.294 e. The van der Waals surface area contributed by atoms with E-state index < -0.39 is 0 Å². The molecule has 1 heteroatoms. The summed E-state index contributed by atoms with van der Waals surface area (Å²) in [6.07, 6.45) is 0.997. The number of carbonyl (C=O) groups is 1. The maximum Gasteiger partial charge on any atom is 0.166 e. The fraction of sp³-hybridized carbons (Fsp3) is 0.235. The lowest BCUT2D eigenvalue weighted by molar-refractivity contribution is 0.0965. The molecule has 0 saturated heterocycles. The quantitative estimate of drug-likeness (QED) is 0.737. The maximum absolute atomic E-state index is 12.3. The van der Waals surface area contributed by atoms with Crippen molar-refractivity contribution in [1.82, 2.24) is 0 Å². The minimum absolute atomic E-state index is 0.190. The van der Waals surface area contributed by atoms with Crippen LogP contribution in [0.25, 0.3) is 0 Å². The van der Waals surface area contributed by atoms with Crippen molar-refractivity contribution in [3.63, 3.8) is 0 Å². The van der Waals surface area contributed by atoms with E-state index in [1.165, 1.54) is 11.1 Å². The van der Waals surface area contributed by atoms with E-state index in [9.17, 15) is 4.79 Å². The van der Waals surface area contributed by atoms with Gasteiger partial charge in [-0.25, -0.2) is 0 Å². The zero-order valence-corrected chi connectivity index (χ0v) is 10.5. The van der Waals surface area contributed by atoms with E-state index >= 15 is 0 Å². The summed E-state index contributed by atoms with van der Waals surface area (Å²) in [5, 5.41) is 0. The molecule has 1 aliphatic rings. The standard InChI is InChI=1S/C17H16O/c1-12-7-9-14(10-8-12)17(18)16-11-15(16)13-5-3-2-4-6-13/h2-10,15-16H,11H2,1H3/t15-,16-/m0/s1. The molecule has 0 radical (unpaired) electrons. The molecule has 1 aliphatic carbocycles. The van der Waals surface area contributed by atoms with Crippen molar-refractivity contribution in [1.29, 1.82) is 0 Å². The molecule has 0 bridgehead atoms. The minimum Gasteiger partial charge on any atom is -0.294 e. The molecule has 0 amide bonds. The van der Waals surface area contributed by atoms with Crippen LogP contribution in [-0.4, -0.2) is 5.78 Å². The van der Waals surface area contributed by atoms with Crippen LogP contribution in [0.5, 0.6) is 0 Å². The van der Waals surface area contributed by atoms with E-state index in [-0.39, 0.29) is 5.92 Å². The molecule has 1 fully saturated rings. The van der Waals surface area contributed by atoms with Crippen LogP contribution in [0.2, 0.25) is 0 Å². The number of aryl methyl sites for hydroxylation is 1. The first kappa shape index (κ1) is 11.2. The number of hydrogen-bond donors (Lipinski definition) is 0. The molecular formula is C17H16O. The molecular weight excluding hydrogens is 220 g/mol. The zero-order chi connectivity index (χ0) is 12.5. The summed E-state index contributed by atoms with van der Waals surface area (Å²) in [7, 11) is 0. The molecule has 90 valence electrons. The number of rotatable bonds is 3. The average molecular weight is 236 g/mol. The molecule has 1 saturated carbocycles. The Morgan fingerprint density at radius 3 is 2.33 bits per heavy atom. The van der Waals surface area contributed by atoms with Crippen LogP contribution in [0.4, 0.5) is 0 Å². The Kier molecular flexibility index (Phi) is 2.75.